The van der Waals surface area contributed by atoms with Crippen molar-refractivity contribution in [3.63, 3.8) is 0 Å². The largest absolute Gasteiger partial charge is 0.278 e. The highest BCUT2D eigenvalue weighted by atomic mass is 32.2. The number of benzene rings is 1. The summed E-state index contributed by atoms with van der Waals surface area (Å²) in [7, 11) is -3.69. The van der Waals surface area contributed by atoms with Crippen LogP contribution in [0.25, 0.3) is 0 Å². The van der Waals surface area contributed by atoms with Crippen LogP contribution in [0.4, 0.5) is 0 Å². The van der Waals surface area contributed by atoms with Crippen LogP contribution in [-0.4, -0.2) is 14.8 Å². The van der Waals surface area contributed by atoms with Crippen LogP contribution in [0.3, 0.4) is 0 Å². The molecule has 0 aliphatic rings. The summed E-state index contributed by atoms with van der Waals surface area (Å²) in [6, 6.07) is 6.26. The molecule has 5 heteroatoms. The SMILES string of the molecule is C=CCc1ccc(S(=O)(=O)NC=O)cc1. The standard InChI is InChI=1S/C10H11NO3S/c1-2-3-9-4-6-10(7-5-9)15(13,14)11-8-12/h2,4-8H,1,3H2,(H,11,12). The number of amides is 1. The molecule has 0 saturated carbocycles. The first-order valence-electron chi connectivity index (χ1n) is 4.26. The van der Waals surface area contributed by atoms with Crippen LogP contribution in [-0.2, 0) is 21.2 Å². The van der Waals surface area contributed by atoms with Crippen molar-refractivity contribution in [3.8, 4) is 0 Å². The molecular formula is C10H11NO3S. The minimum atomic E-state index is -3.69. The van der Waals surface area contributed by atoms with Gasteiger partial charge in [0.1, 0.15) is 0 Å². The minimum Gasteiger partial charge on any atom is -0.278 e. The second-order valence-corrected chi connectivity index (χ2v) is 4.59. The van der Waals surface area contributed by atoms with Crippen LogP contribution < -0.4 is 4.72 Å². The fourth-order valence-corrected chi connectivity index (χ4v) is 1.86. The highest BCUT2D eigenvalue weighted by Crippen LogP contribution is 2.10. The molecular weight excluding hydrogens is 214 g/mol. The van der Waals surface area contributed by atoms with Gasteiger partial charge in [-0.15, -0.1) is 6.58 Å². The zero-order valence-corrected chi connectivity index (χ0v) is 8.83. The Hall–Kier alpha value is -1.62. The molecule has 0 aromatic heterocycles. The molecule has 0 aliphatic heterocycles. The van der Waals surface area contributed by atoms with Crippen LogP contribution >= 0.6 is 0 Å². The summed E-state index contributed by atoms with van der Waals surface area (Å²) in [6.45, 7) is 3.58. The van der Waals surface area contributed by atoms with E-state index in [4.69, 9.17) is 0 Å². The Bertz CT molecular complexity index is 448. The highest BCUT2D eigenvalue weighted by molar-refractivity contribution is 7.90. The predicted molar refractivity (Wildman–Crippen MR) is 56.7 cm³/mol. The van der Waals surface area contributed by atoms with Crippen molar-refractivity contribution in [1.29, 1.82) is 0 Å². The average molecular weight is 225 g/mol. The van der Waals surface area contributed by atoms with E-state index < -0.39 is 10.0 Å². The molecule has 15 heavy (non-hydrogen) atoms. The normalized spacial score (nSPS) is 10.7. The molecule has 0 atom stereocenters. The number of nitrogens with one attached hydrogen (secondary N) is 1. The highest BCUT2D eigenvalue weighted by Gasteiger charge is 2.11. The van der Waals surface area contributed by atoms with E-state index in [1.54, 1.807) is 22.9 Å². The fraction of sp³-hybridized carbons (Fsp3) is 0.100. The summed E-state index contributed by atoms with van der Waals surface area (Å²) in [5.74, 6) is 0. The lowest BCUT2D eigenvalue weighted by Crippen LogP contribution is -2.21. The summed E-state index contributed by atoms with van der Waals surface area (Å²) in [5.41, 5.74) is 0.968. The van der Waals surface area contributed by atoms with E-state index in [2.05, 4.69) is 6.58 Å². The van der Waals surface area contributed by atoms with E-state index in [0.29, 0.717) is 6.42 Å². The van der Waals surface area contributed by atoms with Crippen LogP contribution in [0.5, 0.6) is 0 Å². The number of carbonyl (C=O) groups is 1. The Morgan fingerprint density at radius 1 is 1.27 bits per heavy atom. The number of allylic oxidation sites excluding steroid dienone is 1. The molecule has 1 amide bonds. The van der Waals surface area contributed by atoms with Gasteiger partial charge in [-0.2, -0.15) is 0 Å². The van der Waals surface area contributed by atoms with Gasteiger partial charge in [0.25, 0.3) is 10.0 Å². The van der Waals surface area contributed by atoms with Gasteiger partial charge in [-0.05, 0) is 24.1 Å². The zero-order valence-electron chi connectivity index (χ0n) is 8.01. The average Bonchev–Trinajstić information content (AvgIpc) is 2.19. The number of hydrogen-bond acceptors (Lipinski definition) is 3. The van der Waals surface area contributed by atoms with E-state index in [9.17, 15) is 13.2 Å². The lowest BCUT2D eigenvalue weighted by Gasteiger charge is -2.02. The minimum absolute atomic E-state index is 0.0717. The topological polar surface area (TPSA) is 63.2 Å². The van der Waals surface area contributed by atoms with E-state index in [1.165, 1.54) is 12.1 Å². The Kier molecular flexibility index (Phi) is 3.62. The summed E-state index contributed by atoms with van der Waals surface area (Å²) in [4.78, 5) is 10.1. The van der Waals surface area contributed by atoms with Crippen molar-refractivity contribution in [3.05, 3.63) is 42.5 Å². The van der Waals surface area contributed by atoms with Gasteiger partial charge in [0, 0.05) is 0 Å². The van der Waals surface area contributed by atoms with Gasteiger partial charge in [0.05, 0.1) is 4.90 Å². The van der Waals surface area contributed by atoms with Gasteiger partial charge in [0.2, 0.25) is 6.41 Å². The maximum absolute atomic E-state index is 11.3. The summed E-state index contributed by atoms with van der Waals surface area (Å²) < 4.78 is 24.4. The molecule has 0 radical (unpaired) electrons. The number of carbonyl (C=O) groups excluding carboxylic acids is 1. The molecule has 4 nitrogen and oxygen atoms in total. The molecule has 1 N–H and O–H groups in total. The monoisotopic (exact) mass is 225 g/mol. The molecule has 1 aromatic carbocycles. The molecule has 1 rings (SSSR count). The quantitative estimate of drug-likeness (QED) is 0.597. The van der Waals surface area contributed by atoms with E-state index in [1.807, 2.05) is 0 Å². The Morgan fingerprint density at radius 2 is 1.87 bits per heavy atom. The van der Waals surface area contributed by atoms with Gasteiger partial charge in [-0.1, -0.05) is 18.2 Å². The van der Waals surface area contributed by atoms with Gasteiger partial charge >= 0.3 is 0 Å². The van der Waals surface area contributed by atoms with Crippen LogP contribution in [0.2, 0.25) is 0 Å². The lowest BCUT2D eigenvalue weighted by atomic mass is 10.2. The van der Waals surface area contributed by atoms with Crippen molar-refractivity contribution < 1.29 is 13.2 Å². The molecule has 1 aromatic rings. The third-order valence-corrected chi connectivity index (χ3v) is 3.12. The van der Waals surface area contributed by atoms with Crippen molar-refractivity contribution in [2.45, 2.75) is 11.3 Å². The summed E-state index contributed by atoms with van der Waals surface area (Å²) in [6.07, 6.45) is 2.56. The molecule has 0 bridgehead atoms. The third-order valence-electron chi connectivity index (χ3n) is 1.82. The molecule has 0 unspecified atom stereocenters. The second kappa shape index (κ2) is 4.75. The second-order valence-electron chi connectivity index (χ2n) is 2.88. The van der Waals surface area contributed by atoms with Gasteiger partial charge in [0.15, 0.2) is 0 Å². The van der Waals surface area contributed by atoms with Crippen LogP contribution in [0.15, 0.2) is 41.8 Å². The van der Waals surface area contributed by atoms with Crippen LogP contribution in [0.1, 0.15) is 5.56 Å². The van der Waals surface area contributed by atoms with Gasteiger partial charge in [-0.25, -0.2) is 8.42 Å². The predicted octanol–water partition coefficient (Wildman–Crippen LogP) is 0.850. The van der Waals surface area contributed by atoms with Gasteiger partial charge in [-0.3, -0.25) is 9.52 Å². The molecule has 0 spiro atoms. The first-order chi connectivity index (χ1) is 7.10. The van der Waals surface area contributed by atoms with E-state index in [-0.39, 0.29) is 11.3 Å². The van der Waals surface area contributed by atoms with E-state index in [0.717, 1.165) is 5.56 Å². The lowest BCUT2D eigenvalue weighted by molar-refractivity contribution is -0.108. The summed E-state index contributed by atoms with van der Waals surface area (Å²) in [5, 5.41) is 0. The van der Waals surface area contributed by atoms with E-state index >= 15 is 0 Å². The number of hydrogen-bond donors (Lipinski definition) is 1. The summed E-state index contributed by atoms with van der Waals surface area (Å²) >= 11 is 0. The molecule has 80 valence electrons. The molecule has 0 fully saturated rings. The Labute approximate surface area is 88.7 Å². The number of rotatable bonds is 5. The van der Waals surface area contributed by atoms with Crippen molar-refractivity contribution >= 4 is 16.4 Å². The smallest absolute Gasteiger partial charge is 0.263 e. The molecule has 0 saturated heterocycles. The third kappa shape index (κ3) is 2.92. The Morgan fingerprint density at radius 3 is 2.33 bits per heavy atom. The van der Waals surface area contributed by atoms with Crippen molar-refractivity contribution in [2.75, 3.05) is 0 Å². The number of sulfonamides is 1. The first-order valence-corrected chi connectivity index (χ1v) is 5.74. The Balaban J connectivity index is 2.98. The maximum atomic E-state index is 11.3. The zero-order chi connectivity index (χ0) is 11.3. The van der Waals surface area contributed by atoms with Crippen molar-refractivity contribution in [1.82, 2.24) is 4.72 Å². The first kappa shape index (κ1) is 11.5. The maximum Gasteiger partial charge on any atom is 0.263 e. The van der Waals surface area contributed by atoms with Crippen LogP contribution in [0, 0.1) is 0 Å². The van der Waals surface area contributed by atoms with Crippen molar-refractivity contribution in [2.24, 2.45) is 0 Å². The molecule has 0 aliphatic carbocycles. The van der Waals surface area contributed by atoms with Gasteiger partial charge < -0.3 is 0 Å². The molecule has 0 heterocycles. The fourth-order valence-electron chi connectivity index (χ4n) is 1.10.